The van der Waals surface area contributed by atoms with Crippen LogP contribution in [-0.4, -0.2) is 50.1 Å². The van der Waals surface area contributed by atoms with E-state index in [0.717, 1.165) is 13.0 Å². The minimum Gasteiger partial charge on any atom is -0.490 e. The van der Waals surface area contributed by atoms with Crippen LogP contribution in [0, 0.1) is 0 Å². The molecule has 2 rings (SSSR count). The molecule has 7 nitrogen and oxygen atoms in total. The number of nitrogens with two attached hydrogens (primary N) is 1. The molecule has 1 fully saturated rings. The van der Waals surface area contributed by atoms with Crippen LogP contribution in [0.2, 0.25) is 0 Å². The highest BCUT2D eigenvalue weighted by molar-refractivity contribution is 7.91. The van der Waals surface area contributed by atoms with Crippen LogP contribution < -0.4 is 15.4 Å². The highest BCUT2D eigenvalue weighted by Gasteiger charge is 2.29. The van der Waals surface area contributed by atoms with E-state index in [1.807, 2.05) is 4.90 Å². The second-order valence-corrected chi connectivity index (χ2v) is 6.98. The number of rotatable bonds is 3. The number of anilines is 2. The molecule has 19 heavy (non-hydrogen) atoms. The molecule has 106 valence electrons. The maximum atomic E-state index is 11.7. The van der Waals surface area contributed by atoms with Gasteiger partial charge in [0.25, 0.3) is 0 Å². The second kappa shape index (κ2) is 5.20. The van der Waals surface area contributed by atoms with Crippen LogP contribution in [0.3, 0.4) is 0 Å². The summed E-state index contributed by atoms with van der Waals surface area (Å²) in [6.45, 7) is 1.14. The van der Waals surface area contributed by atoms with E-state index >= 15 is 0 Å². The van der Waals surface area contributed by atoms with E-state index in [2.05, 4.69) is 9.97 Å². The zero-order valence-corrected chi connectivity index (χ0v) is 11.9. The average molecular weight is 286 g/mol. The summed E-state index contributed by atoms with van der Waals surface area (Å²) in [5, 5.41) is -0.373. The van der Waals surface area contributed by atoms with Crippen LogP contribution in [0.25, 0.3) is 0 Å². The summed E-state index contributed by atoms with van der Waals surface area (Å²) in [5.74, 6) is 1.22. The summed E-state index contributed by atoms with van der Waals surface area (Å²) < 4.78 is 28.5. The van der Waals surface area contributed by atoms with Gasteiger partial charge in [-0.1, -0.05) is 0 Å². The lowest BCUT2D eigenvalue weighted by atomic mass is 10.1. The number of piperidine rings is 1. The zero-order chi connectivity index (χ0) is 14.0. The van der Waals surface area contributed by atoms with Crippen LogP contribution in [0.4, 0.5) is 11.6 Å². The number of hydrogen-bond acceptors (Lipinski definition) is 7. The van der Waals surface area contributed by atoms with E-state index in [9.17, 15) is 8.42 Å². The number of ether oxygens (including phenoxy) is 1. The Hall–Kier alpha value is -1.57. The van der Waals surface area contributed by atoms with Crippen molar-refractivity contribution in [2.75, 3.05) is 37.1 Å². The normalized spacial score (nSPS) is 20.3. The van der Waals surface area contributed by atoms with Crippen molar-refractivity contribution >= 4 is 21.5 Å². The number of sulfone groups is 1. The molecule has 8 heteroatoms. The molecule has 0 amide bonds. The van der Waals surface area contributed by atoms with Crippen molar-refractivity contribution < 1.29 is 13.2 Å². The molecule has 0 aliphatic carbocycles. The summed E-state index contributed by atoms with van der Waals surface area (Å²) in [4.78, 5) is 9.93. The quantitative estimate of drug-likeness (QED) is 0.840. The number of aromatic nitrogens is 2. The van der Waals surface area contributed by atoms with Crippen LogP contribution in [-0.2, 0) is 9.84 Å². The first-order valence-electron chi connectivity index (χ1n) is 6.01. The number of nitrogen functional groups attached to an aromatic ring is 1. The third-order valence-corrected chi connectivity index (χ3v) is 4.90. The Labute approximate surface area is 112 Å². The molecule has 2 N–H and O–H groups in total. The molecule has 0 radical (unpaired) electrons. The molecular formula is C11H18N4O3S. The fourth-order valence-electron chi connectivity index (χ4n) is 2.28. The van der Waals surface area contributed by atoms with Crippen molar-refractivity contribution in [3.63, 3.8) is 0 Å². The van der Waals surface area contributed by atoms with Gasteiger partial charge in [0.1, 0.15) is 6.33 Å². The van der Waals surface area contributed by atoms with E-state index < -0.39 is 9.84 Å². The Morgan fingerprint density at radius 3 is 2.84 bits per heavy atom. The first kappa shape index (κ1) is 13.9. The van der Waals surface area contributed by atoms with Crippen molar-refractivity contribution in [1.82, 2.24) is 9.97 Å². The molecule has 0 spiro atoms. The summed E-state index contributed by atoms with van der Waals surface area (Å²) in [5.41, 5.74) is 5.74. The van der Waals surface area contributed by atoms with E-state index in [-0.39, 0.29) is 11.1 Å². The van der Waals surface area contributed by atoms with Gasteiger partial charge >= 0.3 is 0 Å². The van der Waals surface area contributed by atoms with Crippen LogP contribution >= 0.6 is 0 Å². The third kappa shape index (κ3) is 2.89. The molecule has 1 aromatic rings. The molecule has 1 saturated heterocycles. The molecular weight excluding hydrogens is 268 g/mol. The maximum Gasteiger partial charge on any atom is 0.204 e. The fourth-order valence-corrected chi connectivity index (χ4v) is 3.32. The van der Waals surface area contributed by atoms with Gasteiger partial charge in [-0.2, -0.15) is 0 Å². The second-order valence-electron chi connectivity index (χ2n) is 4.66. The highest BCUT2D eigenvalue weighted by Crippen LogP contribution is 2.32. The minimum absolute atomic E-state index is 0.258. The van der Waals surface area contributed by atoms with Crippen molar-refractivity contribution in [3.05, 3.63) is 6.33 Å². The Morgan fingerprint density at radius 1 is 1.47 bits per heavy atom. The predicted octanol–water partition coefficient (Wildman–Crippen LogP) is 0.0808. The Bertz CT molecular complexity index is 561. The van der Waals surface area contributed by atoms with E-state index in [4.69, 9.17) is 10.5 Å². The Kier molecular flexibility index (Phi) is 3.79. The molecule has 1 unspecified atom stereocenters. The number of methoxy groups -OCH3 is 1. The van der Waals surface area contributed by atoms with Gasteiger partial charge in [-0.3, -0.25) is 0 Å². The average Bonchev–Trinajstić information content (AvgIpc) is 2.37. The SMILES string of the molecule is COc1c(N)ncnc1N1CCCC(S(C)(=O)=O)C1. The van der Waals surface area contributed by atoms with E-state index in [0.29, 0.717) is 24.5 Å². The largest absolute Gasteiger partial charge is 0.490 e. The topological polar surface area (TPSA) is 98.4 Å². The van der Waals surface area contributed by atoms with Crippen LogP contribution in [0.5, 0.6) is 5.75 Å². The molecule has 1 aliphatic heterocycles. The maximum absolute atomic E-state index is 11.7. The third-order valence-electron chi connectivity index (χ3n) is 3.30. The van der Waals surface area contributed by atoms with E-state index in [1.165, 1.54) is 19.7 Å². The predicted molar refractivity (Wildman–Crippen MR) is 73.1 cm³/mol. The van der Waals surface area contributed by atoms with Crippen molar-refractivity contribution in [2.24, 2.45) is 0 Å². The molecule has 0 saturated carbocycles. The first-order valence-corrected chi connectivity index (χ1v) is 7.97. The van der Waals surface area contributed by atoms with Gasteiger partial charge in [-0.05, 0) is 12.8 Å². The Balaban J connectivity index is 2.30. The van der Waals surface area contributed by atoms with Gasteiger partial charge in [-0.25, -0.2) is 18.4 Å². The summed E-state index contributed by atoms with van der Waals surface area (Å²) in [6.07, 6.45) is 4.10. The van der Waals surface area contributed by atoms with Gasteiger partial charge in [0.05, 0.1) is 12.4 Å². The molecule has 2 heterocycles. The van der Waals surface area contributed by atoms with Crippen LogP contribution in [0.1, 0.15) is 12.8 Å². The number of nitrogens with zero attached hydrogens (tertiary/aromatic N) is 3. The molecule has 0 bridgehead atoms. The first-order chi connectivity index (χ1) is 8.93. The zero-order valence-electron chi connectivity index (χ0n) is 11.0. The monoisotopic (exact) mass is 286 g/mol. The van der Waals surface area contributed by atoms with E-state index in [1.54, 1.807) is 0 Å². The molecule has 0 aromatic carbocycles. The lowest BCUT2D eigenvalue weighted by Gasteiger charge is -2.33. The smallest absolute Gasteiger partial charge is 0.204 e. The van der Waals surface area contributed by atoms with Crippen molar-refractivity contribution in [1.29, 1.82) is 0 Å². The lowest BCUT2D eigenvalue weighted by Crippen LogP contribution is -2.42. The van der Waals surface area contributed by atoms with Gasteiger partial charge in [0, 0.05) is 19.3 Å². The molecule has 1 aliphatic rings. The van der Waals surface area contributed by atoms with Crippen LogP contribution in [0.15, 0.2) is 6.33 Å². The van der Waals surface area contributed by atoms with Gasteiger partial charge < -0.3 is 15.4 Å². The highest BCUT2D eigenvalue weighted by atomic mass is 32.2. The summed E-state index contributed by atoms with van der Waals surface area (Å²) in [6, 6.07) is 0. The molecule has 1 aromatic heterocycles. The van der Waals surface area contributed by atoms with Crippen molar-refractivity contribution in [2.45, 2.75) is 18.1 Å². The lowest BCUT2D eigenvalue weighted by molar-refractivity contribution is 0.410. The van der Waals surface area contributed by atoms with Gasteiger partial charge in [0.15, 0.2) is 21.5 Å². The van der Waals surface area contributed by atoms with Crippen molar-refractivity contribution in [3.8, 4) is 5.75 Å². The summed E-state index contributed by atoms with van der Waals surface area (Å²) >= 11 is 0. The van der Waals surface area contributed by atoms with Gasteiger partial charge in [0.2, 0.25) is 5.75 Å². The Morgan fingerprint density at radius 2 is 2.21 bits per heavy atom. The molecule has 1 atom stereocenters. The van der Waals surface area contributed by atoms with Gasteiger partial charge in [-0.15, -0.1) is 0 Å². The minimum atomic E-state index is -3.05. The summed E-state index contributed by atoms with van der Waals surface area (Å²) in [7, 11) is -1.56. The standard InChI is InChI=1S/C11H18N4O3S/c1-18-9-10(12)13-7-14-11(9)15-5-3-4-8(6-15)19(2,16)17/h7-8H,3-6H2,1-2H3,(H2,12,13,14). The number of hydrogen-bond donors (Lipinski definition) is 1. The fraction of sp³-hybridized carbons (Fsp3) is 0.636.